The highest BCUT2D eigenvalue weighted by Crippen LogP contribution is 2.29. The van der Waals surface area contributed by atoms with Crippen LogP contribution in [-0.2, 0) is 0 Å². The molecule has 0 radical (unpaired) electrons. The molecule has 0 spiro atoms. The average Bonchev–Trinajstić information content (AvgIpc) is 3.17. The lowest BCUT2D eigenvalue weighted by atomic mass is 10.0. The summed E-state index contributed by atoms with van der Waals surface area (Å²) in [5.74, 6) is -2.37. The van der Waals surface area contributed by atoms with Gasteiger partial charge in [0.2, 0.25) is 5.78 Å². The van der Waals surface area contributed by atoms with Crippen LogP contribution in [0.1, 0.15) is 35.7 Å². The zero-order valence-corrected chi connectivity index (χ0v) is 16.0. The molecule has 4 rings (SSSR count). The molecule has 1 fully saturated rings. The molecule has 3 heterocycles. The third kappa shape index (κ3) is 3.53. The number of nitrogens with two attached hydrogens (primary N) is 1. The van der Waals surface area contributed by atoms with Crippen LogP contribution in [0.5, 0.6) is 0 Å². The fourth-order valence-corrected chi connectivity index (χ4v) is 3.75. The summed E-state index contributed by atoms with van der Waals surface area (Å²) in [4.78, 5) is 26.7. The van der Waals surface area contributed by atoms with Gasteiger partial charge in [-0.25, -0.2) is 18.7 Å². The van der Waals surface area contributed by atoms with Gasteiger partial charge in [-0.1, -0.05) is 6.92 Å². The minimum Gasteiger partial charge on any atom is -0.396 e. The molecule has 1 aliphatic rings. The molecular weight excluding hydrogens is 378 g/mol. The number of likely N-dealkylation sites (tertiary alicyclic amines) is 1. The Morgan fingerprint density at radius 1 is 1.31 bits per heavy atom. The number of piperidine rings is 1. The Bertz CT molecular complexity index is 1060. The highest BCUT2D eigenvalue weighted by Gasteiger charge is 2.26. The van der Waals surface area contributed by atoms with Gasteiger partial charge in [-0.3, -0.25) is 4.79 Å². The molecule has 9 heteroatoms. The summed E-state index contributed by atoms with van der Waals surface area (Å²) in [6.45, 7) is 5.09. The maximum absolute atomic E-state index is 14.4. The van der Waals surface area contributed by atoms with Gasteiger partial charge >= 0.3 is 0 Å². The third-order valence-corrected chi connectivity index (χ3v) is 5.44. The van der Waals surface area contributed by atoms with E-state index in [1.165, 1.54) is 12.5 Å². The topological polar surface area (TPSA) is 99.9 Å². The number of aromatic nitrogens is 3. The Morgan fingerprint density at radius 2 is 2.07 bits per heavy atom. The molecule has 2 aromatic heterocycles. The Labute approximate surface area is 166 Å². The Kier molecular flexibility index (Phi) is 5.14. The summed E-state index contributed by atoms with van der Waals surface area (Å²) in [5.41, 5.74) is 5.07. The van der Waals surface area contributed by atoms with Crippen LogP contribution in [0.4, 0.5) is 20.3 Å². The van der Waals surface area contributed by atoms with E-state index in [1.54, 1.807) is 0 Å². The number of ketones is 1. The SMILES string of the molecule is CCN1CCC(Nc2ncnc3[nH]cc(C(=O)c4c(F)ccc(N)c4F)c23)CC1. The first kappa shape index (κ1) is 19.3. The molecule has 152 valence electrons. The number of nitrogens with one attached hydrogen (secondary N) is 2. The molecule has 0 amide bonds. The predicted molar refractivity (Wildman–Crippen MR) is 107 cm³/mol. The summed E-state index contributed by atoms with van der Waals surface area (Å²) in [7, 11) is 0. The number of carbonyl (C=O) groups excluding carboxylic acids is 1. The van der Waals surface area contributed by atoms with Crippen molar-refractivity contribution in [1.29, 1.82) is 0 Å². The number of hydrogen-bond acceptors (Lipinski definition) is 6. The second-order valence-corrected chi connectivity index (χ2v) is 7.16. The highest BCUT2D eigenvalue weighted by atomic mass is 19.1. The monoisotopic (exact) mass is 400 g/mol. The number of halogens is 2. The van der Waals surface area contributed by atoms with E-state index in [1.807, 2.05) is 0 Å². The second-order valence-electron chi connectivity index (χ2n) is 7.16. The Hall–Kier alpha value is -3.07. The minimum atomic E-state index is -1.07. The van der Waals surface area contributed by atoms with Gasteiger partial charge < -0.3 is 20.9 Å². The Morgan fingerprint density at radius 3 is 2.79 bits per heavy atom. The van der Waals surface area contributed by atoms with Gasteiger partial charge in [0.05, 0.1) is 22.2 Å². The number of anilines is 2. The number of benzene rings is 1. The normalized spacial score (nSPS) is 15.7. The van der Waals surface area contributed by atoms with Gasteiger partial charge in [-0.2, -0.15) is 0 Å². The molecule has 0 unspecified atom stereocenters. The van der Waals surface area contributed by atoms with Crippen molar-refractivity contribution in [3.05, 3.63) is 47.4 Å². The molecule has 1 aromatic carbocycles. The van der Waals surface area contributed by atoms with E-state index in [2.05, 4.69) is 32.1 Å². The summed E-state index contributed by atoms with van der Waals surface area (Å²) >= 11 is 0. The van der Waals surface area contributed by atoms with Crippen LogP contribution in [0.2, 0.25) is 0 Å². The van der Waals surface area contributed by atoms with Gasteiger partial charge in [0.15, 0.2) is 5.82 Å². The maximum Gasteiger partial charge on any atom is 0.201 e. The largest absolute Gasteiger partial charge is 0.396 e. The molecule has 0 saturated carbocycles. The van der Waals surface area contributed by atoms with Gasteiger partial charge in [0.1, 0.15) is 23.6 Å². The van der Waals surface area contributed by atoms with Crippen molar-refractivity contribution < 1.29 is 13.6 Å². The van der Waals surface area contributed by atoms with Crippen LogP contribution in [0.15, 0.2) is 24.7 Å². The van der Waals surface area contributed by atoms with Crippen molar-refractivity contribution in [3.63, 3.8) is 0 Å². The van der Waals surface area contributed by atoms with Crippen LogP contribution >= 0.6 is 0 Å². The molecule has 29 heavy (non-hydrogen) atoms. The van der Waals surface area contributed by atoms with Crippen molar-refractivity contribution in [1.82, 2.24) is 19.9 Å². The van der Waals surface area contributed by atoms with Gasteiger partial charge in [-0.15, -0.1) is 0 Å². The smallest absolute Gasteiger partial charge is 0.201 e. The Balaban J connectivity index is 1.70. The van der Waals surface area contributed by atoms with Crippen molar-refractivity contribution in [2.75, 3.05) is 30.7 Å². The molecular formula is C20H22F2N6O. The number of H-pyrrole nitrogens is 1. The molecule has 0 aliphatic carbocycles. The standard InChI is InChI=1S/C20H22F2N6O/c1-2-28-7-5-11(6-8-28)27-20-15-12(9-24-19(15)25-10-26-20)18(29)16-13(21)3-4-14(23)17(16)22/h3-4,9-11H,2,5-8,23H2,1H3,(H2,24,25,26,27). The molecule has 4 N–H and O–H groups in total. The number of hydrogen-bond donors (Lipinski definition) is 3. The first-order chi connectivity index (χ1) is 14.0. The zero-order chi connectivity index (χ0) is 20.5. The maximum atomic E-state index is 14.4. The molecule has 1 aliphatic heterocycles. The summed E-state index contributed by atoms with van der Waals surface area (Å²) in [5, 5.41) is 3.79. The van der Waals surface area contributed by atoms with E-state index in [0.29, 0.717) is 16.9 Å². The molecule has 1 saturated heterocycles. The van der Waals surface area contributed by atoms with E-state index >= 15 is 0 Å². The molecule has 7 nitrogen and oxygen atoms in total. The van der Waals surface area contributed by atoms with Gasteiger partial charge in [0, 0.05) is 25.3 Å². The van der Waals surface area contributed by atoms with E-state index in [9.17, 15) is 13.6 Å². The average molecular weight is 400 g/mol. The van der Waals surface area contributed by atoms with Crippen LogP contribution in [0, 0.1) is 11.6 Å². The van der Waals surface area contributed by atoms with Gasteiger partial charge in [-0.05, 0) is 31.5 Å². The van der Waals surface area contributed by atoms with E-state index in [-0.39, 0.29) is 17.3 Å². The van der Waals surface area contributed by atoms with Crippen LogP contribution in [0.3, 0.4) is 0 Å². The van der Waals surface area contributed by atoms with Crippen molar-refractivity contribution in [2.45, 2.75) is 25.8 Å². The summed E-state index contributed by atoms with van der Waals surface area (Å²) in [6, 6.07) is 2.27. The van der Waals surface area contributed by atoms with Crippen molar-refractivity contribution in [3.8, 4) is 0 Å². The number of carbonyl (C=O) groups is 1. The number of rotatable bonds is 5. The molecule has 3 aromatic rings. The third-order valence-electron chi connectivity index (χ3n) is 5.44. The first-order valence-corrected chi connectivity index (χ1v) is 9.58. The van der Waals surface area contributed by atoms with Crippen LogP contribution < -0.4 is 11.1 Å². The highest BCUT2D eigenvalue weighted by molar-refractivity contribution is 6.18. The lowest BCUT2D eigenvalue weighted by Crippen LogP contribution is -2.39. The fraction of sp³-hybridized carbons (Fsp3) is 0.350. The number of nitrogens with zero attached hydrogens (tertiary/aromatic N) is 3. The zero-order valence-electron chi connectivity index (χ0n) is 16.0. The van der Waals surface area contributed by atoms with Crippen molar-refractivity contribution >= 4 is 28.3 Å². The summed E-state index contributed by atoms with van der Waals surface area (Å²) < 4.78 is 28.6. The lowest BCUT2D eigenvalue weighted by molar-refractivity contribution is 0.103. The summed E-state index contributed by atoms with van der Waals surface area (Å²) in [6.07, 6.45) is 4.66. The molecule has 0 bridgehead atoms. The predicted octanol–water partition coefficient (Wildman–Crippen LogP) is 2.95. The number of fused-ring (bicyclic) bond motifs is 1. The van der Waals surface area contributed by atoms with Crippen LogP contribution in [0.25, 0.3) is 11.0 Å². The van der Waals surface area contributed by atoms with E-state index < -0.39 is 23.0 Å². The van der Waals surface area contributed by atoms with Crippen molar-refractivity contribution in [2.24, 2.45) is 0 Å². The fourth-order valence-electron chi connectivity index (χ4n) is 3.75. The van der Waals surface area contributed by atoms with E-state index in [0.717, 1.165) is 44.6 Å². The second kappa shape index (κ2) is 7.75. The number of aromatic amines is 1. The lowest BCUT2D eigenvalue weighted by Gasteiger charge is -2.31. The number of nitrogen functional groups attached to an aromatic ring is 1. The quantitative estimate of drug-likeness (QED) is 0.450. The first-order valence-electron chi connectivity index (χ1n) is 9.58. The van der Waals surface area contributed by atoms with Crippen LogP contribution in [-0.4, -0.2) is 51.3 Å². The molecule has 0 atom stereocenters. The van der Waals surface area contributed by atoms with E-state index in [4.69, 9.17) is 5.73 Å². The van der Waals surface area contributed by atoms with Gasteiger partial charge in [0.25, 0.3) is 0 Å². The minimum absolute atomic E-state index is 0.0949.